The van der Waals surface area contributed by atoms with Crippen molar-refractivity contribution in [2.75, 3.05) is 28.6 Å². The monoisotopic (exact) mass is 471 g/mol. The molecule has 1 aliphatic rings. The summed E-state index contributed by atoms with van der Waals surface area (Å²) in [5.41, 5.74) is 2.62. The van der Waals surface area contributed by atoms with Gasteiger partial charge in [0.25, 0.3) is 0 Å². The summed E-state index contributed by atoms with van der Waals surface area (Å²) in [5.74, 6) is 1.54. The van der Waals surface area contributed by atoms with E-state index in [2.05, 4.69) is 41.4 Å². The minimum atomic E-state index is -0.0262. The van der Waals surface area contributed by atoms with Crippen LogP contribution in [0.2, 0.25) is 0 Å². The molecule has 8 heteroatoms. The highest BCUT2D eigenvalue weighted by molar-refractivity contribution is 9.10. The van der Waals surface area contributed by atoms with E-state index in [1.54, 1.807) is 11.3 Å². The summed E-state index contributed by atoms with van der Waals surface area (Å²) in [6, 6.07) is 11.6. The zero-order valence-corrected chi connectivity index (χ0v) is 18.5. The summed E-state index contributed by atoms with van der Waals surface area (Å²) in [5, 5.41) is 8.26. The average Bonchev–Trinajstić information content (AvgIpc) is 3.35. The summed E-state index contributed by atoms with van der Waals surface area (Å²) < 4.78 is 1.01. The molecule has 2 N–H and O–H groups in total. The van der Waals surface area contributed by atoms with Gasteiger partial charge in [0, 0.05) is 51.0 Å². The Balaban J connectivity index is 1.38. The lowest BCUT2D eigenvalue weighted by Gasteiger charge is -2.17. The molecule has 0 unspecified atom stereocenters. The Morgan fingerprint density at radius 3 is 2.55 bits per heavy atom. The molecule has 4 rings (SSSR count). The molecule has 2 aromatic heterocycles. The van der Waals surface area contributed by atoms with Gasteiger partial charge < -0.3 is 15.5 Å². The third kappa shape index (κ3) is 5.33. The maximum atomic E-state index is 12.2. The summed E-state index contributed by atoms with van der Waals surface area (Å²) in [7, 11) is 0. The highest BCUT2D eigenvalue weighted by atomic mass is 79.9. The Morgan fingerprint density at radius 2 is 1.86 bits per heavy atom. The second-order valence-electron chi connectivity index (χ2n) is 7.05. The predicted molar refractivity (Wildman–Crippen MR) is 122 cm³/mol. The number of anilines is 4. The Labute approximate surface area is 182 Å². The number of nitrogens with one attached hydrogen (secondary N) is 2. The minimum absolute atomic E-state index is 0.0262. The lowest BCUT2D eigenvalue weighted by molar-refractivity contribution is -0.115. The first-order valence-corrected chi connectivity index (χ1v) is 11.2. The Bertz CT molecular complexity index is 999. The Kier molecular flexibility index (Phi) is 6.10. The molecule has 1 aromatic carbocycles. The molecule has 1 amide bonds. The number of amides is 1. The number of halogens is 1. The molecular formula is C21H22BrN5OS. The number of aryl methyl sites for hydroxylation is 1. The van der Waals surface area contributed by atoms with Crippen molar-refractivity contribution in [2.45, 2.75) is 26.2 Å². The average molecular weight is 472 g/mol. The lowest BCUT2D eigenvalue weighted by atomic mass is 10.2. The van der Waals surface area contributed by atoms with E-state index in [0.717, 1.165) is 51.3 Å². The third-order valence-electron chi connectivity index (χ3n) is 4.63. The second kappa shape index (κ2) is 8.92. The van der Waals surface area contributed by atoms with E-state index in [1.165, 1.54) is 12.8 Å². The van der Waals surface area contributed by atoms with E-state index in [0.29, 0.717) is 6.42 Å². The third-order valence-corrected chi connectivity index (χ3v) is 6.33. The van der Waals surface area contributed by atoms with Gasteiger partial charge in [0.2, 0.25) is 11.9 Å². The predicted octanol–water partition coefficient (Wildman–Crippen LogP) is 5.13. The van der Waals surface area contributed by atoms with Crippen molar-refractivity contribution in [3.63, 3.8) is 0 Å². The first-order valence-electron chi connectivity index (χ1n) is 9.56. The van der Waals surface area contributed by atoms with Crippen LogP contribution in [0.3, 0.4) is 0 Å². The molecule has 0 aliphatic carbocycles. The van der Waals surface area contributed by atoms with Crippen LogP contribution in [0.25, 0.3) is 0 Å². The number of nitrogens with zero attached hydrogens (tertiary/aromatic N) is 3. The van der Waals surface area contributed by atoms with Gasteiger partial charge in [-0.05, 0) is 66.0 Å². The molecule has 150 valence electrons. The minimum Gasteiger partial charge on any atom is -0.341 e. The fourth-order valence-electron chi connectivity index (χ4n) is 3.27. The fourth-order valence-corrected chi connectivity index (χ4v) is 4.72. The molecule has 3 aromatic rings. The van der Waals surface area contributed by atoms with Crippen molar-refractivity contribution < 1.29 is 4.79 Å². The zero-order chi connectivity index (χ0) is 20.2. The standard InChI is InChI=1S/C21H22BrN5OS/c1-14-10-19(26-21(23-14)27-8-2-3-9-27)24-16-4-6-17(7-5-16)25-20(28)12-18-11-15(22)13-29-18/h4-7,10-11,13H,2-3,8-9,12H2,1H3,(H,25,28)(H,23,24,26). The van der Waals surface area contributed by atoms with E-state index in [-0.39, 0.29) is 5.91 Å². The van der Waals surface area contributed by atoms with Crippen LogP contribution in [-0.4, -0.2) is 29.0 Å². The number of hydrogen-bond donors (Lipinski definition) is 2. The van der Waals surface area contributed by atoms with Gasteiger partial charge in [0.05, 0.1) is 6.42 Å². The fraction of sp³-hybridized carbons (Fsp3) is 0.286. The molecule has 3 heterocycles. The lowest BCUT2D eigenvalue weighted by Crippen LogP contribution is -2.21. The quantitative estimate of drug-likeness (QED) is 0.520. The molecule has 0 atom stereocenters. The molecule has 1 fully saturated rings. The number of carbonyl (C=O) groups excluding carboxylic acids is 1. The van der Waals surface area contributed by atoms with E-state index < -0.39 is 0 Å². The number of thiophene rings is 1. The Morgan fingerprint density at radius 1 is 1.14 bits per heavy atom. The van der Waals surface area contributed by atoms with Crippen LogP contribution in [0.4, 0.5) is 23.1 Å². The van der Waals surface area contributed by atoms with Crippen LogP contribution in [0.5, 0.6) is 0 Å². The highest BCUT2D eigenvalue weighted by Crippen LogP contribution is 2.23. The van der Waals surface area contributed by atoms with Crippen LogP contribution < -0.4 is 15.5 Å². The van der Waals surface area contributed by atoms with Gasteiger partial charge in [-0.25, -0.2) is 4.98 Å². The van der Waals surface area contributed by atoms with E-state index in [4.69, 9.17) is 0 Å². The normalized spacial score (nSPS) is 13.5. The Hall–Kier alpha value is -2.45. The summed E-state index contributed by atoms with van der Waals surface area (Å²) in [6.07, 6.45) is 2.75. The van der Waals surface area contributed by atoms with Gasteiger partial charge in [-0.2, -0.15) is 4.98 Å². The van der Waals surface area contributed by atoms with Gasteiger partial charge in [-0.15, -0.1) is 11.3 Å². The summed E-state index contributed by atoms with van der Waals surface area (Å²) in [6.45, 7) is 4.01. The maximum Gasteiger partial charge on any atom is 0.229 e. The van der Waals surface area contributed by atoms with Crippen LogP contribution in [0, 0.1) is 6.92 Å². The van der Waals surface area contributed by atoms with Crippen LogP contribution in [0.15, 0.2) is 46.3 Å². The molecule has 29 heavy (non-hydrogen) atoms. The number of rotatable bonds is 6. The van der Waals surface area contributed by atoms with Gasteiger partial charge in [-0.1, -0.05) is 0 Å². The SMILES string of the molecule is Cc1cc(Nc2ccc(NC(=O)Cc3cc(Br)cs3)cc2)nc(N2CCCC2)n1. The van der Waals surface area contributed by atoms with E-state index >= 15 is 0 Å². The number of benzene rings is 1. The van der Waals surface area contributed by atoms with Gasteiger partial charge in [0.15, 0.2) is 0 Å². The molecule has 6 nitrogen and oxygen atoms in total. The van der Waals surface area contributed by atoms with Crippen LogP contribution >= 0.6 is 27.3 Å². The van der Waals surface area contributed by atoms with Crippen molar-refractivity contribution >= 4 is 56.3 Å². The first-order chi connectivity index (χ1) is 14.0. The first kappa shape index (κ1) is 19.8. The van der Waals surface area contributed by atoms with E-state index in [9.17, 15) is 4.79 Å². The maximum absolute atomic E-state index is 12.2. The van der Waals surface area contributed by atoms with Crippen molar-refractivity contribution in [3.05, 3.63) is 56.8 Å². The number of aromatic nitrogens is 2. The summed E-state index contributed by atoms with van der Waals surface area (Å²) >= 11 is 4.98. The van der Waals surface area contributed by atoms with Crippen molar-refractivity contribution in [3.8, 4) is 0 Å². The smallest absolute Gasteiger partial charge is 0.229 e. The second-order valence-corrected chi connectivity index (χ2v) is 8.96. The zero-order valence-electron chi connectivity index (χ0n) is 16.1. The van der Waals surface area contributed by atoms with Crippen molar-refractivity contribution in [1.29, 1.82) is 0 Å². The molecule has 0 bridgehead atoms. The van der Waals surface area contributed by atoms with Crippen molar-refractivity contribution in [1.82, 2.24) is 9.97 Å². The molecule has 1 aliphatic heterocycles. The van der Waals surface area contributed by atoms with Gasteiger partial charge >= 0.3 is 0 Å². The molecule has 0 spiro atoms. The van der Waals surface area contributed by atoms with Gasteiger partial charge in [0.1, 0.15) is 5.82 Å². The summed E-state index contributed by atoms with van der Waals surface area (Å²) in [4.78, 5) is 24.7. The molecule has 1 saturated heterocycles. The number of hydrogen-bond acceptors (Lipinski definition) is 6. The molecular weight excluding hydrogens is 450 g/mol. The molecule has 0 radical (unpaired) electrons. The van der Waals surface area contributed by atoms with Crippen LogP contribution in [-0.2, 0) is 11.2 Å². The highest BCUT2D eigenvalue weighted by Gasteiger charge is 2.16. The molecule has 0 saturated carbocycles. The van der Waals surface area contributed by atoms with Gasteiger partial charge in [-0.3, -0.25) is 4.79 Å². The number of carbonyl (C=O) groups is 1. The van der Waals surface area contributed by atoms with Crippen molar-refractivity contribution in [2.24, 2.45) is 0 Å². The largest absolute Gasteiger partial charge is 0.341 e. The topological polar surface area (TPSA) is 70.2 Å². The van der Waals surface area contributed by atoms with E-state index in [1.807, 2.05) is 48.7 Å². The van der Waals surface area contributed by atoms with Crippen LogP contribution in [0.1, 0.15) is 23.4 Å².